The van der Waals surface area contributed by atoms with Crippen molar-refractivity contribution < 1.29 is 9.53 Å². The van der Waals surface area contributed by atoms with Gasteiger partial charge < -0.3 is 10.1 Å². The minimum Gasteiger partial charge on any atom is -0.467 e. The lowest BCUT2D eigenvalue weighted by atomic mass is 10.1. The van der Waals surface area contributed by atoms with Crippen molar-refractivity contribution in [2.45, 2.75) is 8.37 Å². The van der Waals surface area contributed by atoms with Crippen molar-refractivity contribution in [1.82, 2.24) is 5.32 Å². The lowest BCUT2D eigenvalue weighted by molar-refractivity contribution is 0.0845. The number of carbonyl (C=O) groups excluding carboxylic acids is 1. The SMILES string of the molecule is O=C(N[C@H](Oc1ccc2ccccc2c1)C(Br)(Br)Br)c1ccccc1. The van der Waals surface area contributed by atoms with Gasteiger partial charge in [-0.05, 0) is 35.0 Å². The van der Waals surface area contributed by atoms with Gasteiger partial charge in [0.15, 0.2) is 2.14 Å². The molecule has 0 bridgehead atoms. The molecule has 0 aliphatic heterocycles. The number of fused-ring (bicyclic) bond motifs is 1. The summed E-state index contributed by atoms with van der Waals surface area (Å²) in [5.41, 5.74) is 0.561. The Hall–Kier alpha value is -1.37. The number of hydrogen-bond donors (Lipinski definition) is 1. The van der Waals surface area contributed by atoms with Gasteiger partial charge in [-0.2, -0.15) is 0 Å². The van der Waals surface area contributed by atoms with Crippen molar-refractivity contribution in [2.75, 3.05) is 0 Å². The van der Waals surface area contributed by atoms with E-state index < -0.39 is 8.37 Å². The van der Waals surface area contributed by atoms with Crippen molar-refractivity contribution >= 4 is 64.5 Å². The van der Waals surface area contributed by atoms with Gasteiger partial charge in [-0.3, -0.25) is 4.79 Å². The molecule has 6 heteroatoms. The van der Waals surface area contributed by atoms with E-state index in [2.05, 4.69) is 53.1 Å². The molecule has 3 aromatic rings. The van der Waals surface area contributed by atoms with Crippen LogP contribution in [0.15, 0.2) is 72.8 Å². The molecule has 0 spiro atoms. The van der Waals surface area contributed by atoms with Gasteiger partial charge in [-0.25, -0.2) is 0 Å². The van der Waals surface area contributed by atoms with Crippen LogP contribution in [0.2, 0.25) is 0 Å². The normalized spacial score (nSPS) is 12.6. The van der Waals surface area contributed by atoms with Gasteiger partial charge in [0.2, 0.25) is 6.23 Å². The van der Waals surface area contributed by atoms with Crippen LogP contribution in [0.5, 0.6) is 5.75 Å². The lowest BCUT2D eigenvalue weighted by Crippen LogP contribution is -2.47. The third kappa shape index (κ3) is 4.84. The summed E-state index contributed by atoms with van der Waals surface area (Å²) in [5, 5.41) is 5.06. The summed E-state index contributed by atoms with van der Waals surface area (Å²) in [5.74, 6) is 0.425. The highest BCUT2D eigenvalue weighted by Gasteiger charge is 2.34. The average Bonchev–Trinajstić information content (AvgIpc) is 2.61. The Morgan fingerprint density at radius 3 is 2.20 bits per heavy atom. The highest BCUT2D eigenvalue weighted by molar-refractivity contribution is 9.39. The van der Waals surface area contributed by atoms with E-state index >= 15 is 0 Å². The second-order valence-corrected chi connectivity index (χ2v) is 12.3. The zero-order valence-electron chi connectivity index (χ0n) is 13.0. The summed E-state index contributed by atoms with van der Waals surface area (Å²) in [6.45, 7) is 0. The summed E-state index contributed by atoms with van der Waals surface area (Å²) in [4.78, 5) is 12.5. The summed E-state index contributed by atoms with van der Waals surface area (Å²) >= 11 is 10.3. The van der Waals surface area contributed by atoms with Crippen LogP contribution in [0.25, 0.3) is 10.8 Å². The van der Waals surface area contributed by atoms with Crippen molar-refractivity contribution in [3.05, 3.63) is 78.4 Å². The van der Waals surface area contributed by atoms with E-state index in [1.807, 2.05) is 60.7 Å². The van der Waals surface area contributed by atoms with E-state index in [-0.39, 0.29) is 5.91 Å². The van der Waals surface area contributed by atoms with Crippen LogP contribution in [-0.2, 0) is 0 Å². The minimum absolute atomic E-state index is 0.228. The Morgan fingerprint density at radius 1 is 0.880 bits per heavy atom. The van der Waals surface area contributed by atoms with Crippen LogP contribution in [0.1, 0.15) is 10.4 Å². The molecule has 0 saturated carbocycles. The largest absolute Gasteiger partial charge is 0.467 e. The first-order valence-corrected chi connectivity index (χ1v) is 9.89. The van der Waals surface area contributed by atoms with Crippen LogP contribution in [0.4, 0.5) is 0 Å². The Bertz CT molecular complexity index is 878. The molecule has 1 amide bonds. The van der Waals surface area contributed by atoms with Crippen LogP contribution in [0, 0.1) is 0 Å². The first-order valence-electron chi connectivity index (χ1n) is 7.51. The third-order valence-corrected chi connectivity index (χ3v) is 4.82. The monoisotopic (exact) mass is 525 g/mol. The standard InChI is InChI=1S/C19H14Br3NO2/c20-19(21,22)18(23-17(24)14-7-2-1-3-8-14)25-16-11-10-13-6-4-5-9-15(13)12-16/h1-12,18H,(H,23,24)/t18-/m1/s1. The number of amides is 1. The zero-order valence-corrected chi connectivity index (χ0v) is 17.7. The van der Waals surface area contributed by atoms with Gasteiger partial charge >= 0.3 is 0 Å². The smallest absolute Gasteiger partial charge is 0.254 e. The molecule has 0 aliphatic carbocycles. The van der Waals surface area contributed by atoms with Crippen molar-refractivity contribution in [3.63, 3.8) is 0 Å². The molecular weight excluding hydrogens is 514 g/mol. The Morgan fingerprint density at radius 2 is 1.52 bits per heavy atom. The van der Waals surface area contributed by atoms with E-state index in [1.54, 1.807) is 12.1 Å². The fourth-order valence-corrected chi connectivity index (χ4v) is 2.97. The number of alkyl halides is 3. The topological polar surface area (TPSA) is 38.3 Å². The molecule has 0 saturated heterocycles. The zero-order chi connectivity index (χ0) is 17.9. The van der Waals surface area contributed by atoms with Crippen molar-refractivity contribution in [2.24, 2.45) is 0 Å². The number of halogens is 3. The maximum absolute atomic E-state index is 12.5. The van der Waals surface area contributed by atoms with E-state index in [4.69, 9.17) is 4.74 Å². The molecular formula is C19H14Br3NO2. The molecule has 0 aromatic heterocycles. The molecule has 0 aliphatic rings. The molecule has 3 rings (SSSR count). The molecule has 0 heterocycles. The highest BCUT2D eigenvalue weighted by Crippen LogP contribution is 2.38. The third-order valence-electron chi connectivity index (χ3n) is 3.57. The van der Waals surface area contributed by atoms with Gasteiger partial charge in [0.05, 0.1) is 0 Å². The molecule has 3 aromatic carbocycles. The number of ether oxygens (including phenoxy) is 1. The molecule has 0 fully saturated rings. The van der Waals surface area contributed by atoms with Gasteiger partial charge in [-0.1, -0.05) is 96.3 Å². The quantitative estimate of drug-likeness (QED) is 0.343. The van der Waals surface area contributed by atoms with Crippen molar-refractivity contribution in [3.8, 4) is 5.75 Å². The fraction of sp³-hybridized carbons (Fsp3) is 0.105. The summed E-state index contributed by atoms with van der Waals surface area (Å²) in [7, 11) is 0. The van der Waals surface area contributed by atoms with Crippen LogP contribution < -0.4 is 10.1 Å². The van der Waals surface area contributed by atoms with Crippen LogP contribution >= 0.6 is 47.8 Å². The number of rotatable bonds is 4. The van der Waals surface area contributed by atoms with Gasteiger partial charge in [-0.15, -0.1) is 0 Å². The molecule has 1 atom stereocenters. The van der Waals surface area contributed by atoms with E-state index in [0.717, 1.165) is 10.8 Å². The molecule has 128 valence electrons. The maximum Gasteiger partial charge on any atom is 0.254 e. The Kier molecular flexibility index (Phi) is 5.81. The van der Waals surface area contributed by atoms with Crippen LogP contribution in [-0.4, -0.2) is 14.3 Å². The second kappa shape index (κ2) is 7.89. The number of hydrogen-bond acceptors (Lipinski definition) is 2. The summed E-state index contributed by atoms with van der Waals surface area (Å²) in [6, 6.07) is 22.8. The summed E-state index contributed by atoms with van der Waals surface area (Å²) in [6.07, 6.45) is -0.693. The summed E-state index contributed by atoms with van der Waals surface area (Å²) < 4.78 is 5.19. The molecule has 3 nitrogen and oxygen atoms in total. The highest BCUT2D eigenvalue weighted by atomic mass is 80.0. The predicted octanol–water partition coefficient (Wildman–Crippen LogP) is 5.81. The minimum atomic E-state index is -0.816. The number of carbonyl (C=O) groups is 1. The average molecular weight is 528 g/mol. The van der Waals surface area contributed by atoms with Gasteiger partial charge in [0.25, 0.3) is 5.91 Å². The second-order valence-electron chi connectivity index (χ2n) is 5.39. The van der Waals surface area contributed by atoms with Gasteiger partial charge in [0, 0.05) is 5.56 Å². The van der Waals surface area contributed by atoms with Gasteiger partial charge in [0.1, 0.15) is 5.75 Å². The fourth-order valence-electron chi connectivity index (χ4n) is 2.35. The predicted molar refractivity (Wildman–Crippen MR) is 112 cm³/mol. The van der Waals surface area contributed by atoms with E-state index in [0.29, 0.717) is 11.3 Å². The Balaban J connectivity index is 1.82. The molecule has 25 heavy (non-hydrogen) atoms. The maximum atomic E-state index is 12.5. The molecule has 1 N–H and O–H groups in total. The number of benzene rings is 3. The number of nitrogens with one attached hydrogen (secondary N) is 1. The first-order chi connectivity index (χ1) is 11.9. The Labute approximate surface area is 171 Å². The molecule has 0 radical (unpaired) electrons. The first kappa shape index (κ1) is 18.4. The lowest BCUT2D eigenvalue weighted by Gasteiger charge is -2.27. The van der Waals surface area contributed by atoms with Crippen LogP contribution in [0.3, 0.4) is 0 Å². The van der Waals surface area contributed by atoms with E-state index in [1.165, 1.54) is 0 Å². The van der Waals surface area contributed by atoms with Crippen molar-refractivity contribution in [1.29, 1.82) is 0 Å². The van der Waals surface area contributed by atoms with E-state index in [9.17, 15) is 4.79 Å². The molecule has 0 unspecified atom stereocenters.